The highest BCUT2D eigenvalue weighted by atomic mass is 32.1. The Kier molecular flexibility index (Phi) is 6.27. The third-order valence-electron chi connectivity index (χ3n) is 6.12. The van der Waals surface area contributed by atoms with Crippen LogP contribution in [0.25, 0.3) is 11.1 Å². The van der Waals surface area contributed by atoms with E-state index in [0.717, 1.165) is 66.2 Å². The monoisotopic (exact) mass is 434 g/mol. The minimum Gasteiger partial charge on any atom is -0.376 e. The van der Waals surface area contributed by atoms with Gasteiger partial charge >= 0.3 is 0 Å². The Morgan fingerprint density at radius 2 is 2.13 bits per heavy atom. The zero-order valence-electron chi connectivity index (χ0n) is 18.0. The Balaban J connectivity index is 1.63. The van der Waals surface area contributed by atoms with Crippen molar-refractivity contribution >= 4 is 23.3 Å². The Bertz CT molecular complexity index is 1120. The number of carbonyl (C=O) groups excluding carboxylic acids is 1. The number of nitrogens with zero attached hydrogens (tertiary/aromatic N) is 3. The van der Waals surface area contributed by atoms with E-state index >= 15 is 0 Å². The lowest BCUT2D eigenvalue weighted by molar-refractivity contribution is -0.117. The number of nitriles is 2. The maximum absolute atomic E-state index is 12.5. The molecule has 1 amide bonds. The fraction of sp³-hybridized carbons (Fsp3) is 0.458. The molecular weight excluding hydrogens is 408 g/mol. The second-order valence-corrected chi connectivity index (χ2v) is 9.26. The van der Waals surface area contributed by atoms with Crippen LogP contribution in [0.15, 0.2) is 11.6 Å². The van der Waals surface area contributed by atoms with Crippen LogP contribution >= 0.6 is 11.3 Å². The fourth-order valence-electron chi connectivity index (χ4n) is 4.48. The summed E-state index contributed by atoms with van der Waals surface area (Å²) in [5, 5.41) is 23.2. The van der Waals surface area contributed by atoms with E-state index in [0.29, 0.717) is 6.54 Å². The quantitative estimate of drug-likeness (QED) is 0.566. The zero-order valence-corrected chi connectivity index (χ0v) is 18.8. The van der Waals surface area contributed by atoms with Crippen molar-refractivity contribution in [2.24, 2.45) is 0 Å². The van der Waals surface area contributed by atoms with Gasteiger partial charge in [0.15, 0.2) is 0 Å². The molecule has 0 spiro atoms. The van der Waals surface area contributed by atoms with Crippen LogP contribution in [0.1, 0.15) is 58.6 Å². The van der Waals surface area contributed by atoms with Gasteiger partial charge in [-0.1, -0.05) is 0 Å². The lowest BCUT2D eigenvalue weighted by Crippen LogP contribution is -2.32. The highest BCUT2D eigenvalue weighted by Gasteiger charge is 2.24. The van der Waals surface area contributed by atoms with E-state index in [9.17, 15) is 15.3 Å². The van der Waals surface area contributed by atoms with Gasteiger partial charge in [0, 0.05) is 29.4 Å². The minimum absolute atomic E-state index is 0.0308. The zero-order chi connectivity index (χ0) is 22.0. The predicted molar refractivity (Wildman–Crippen MR) is 120 cm³/mol. The highest BCUT2D eigenvalue weighted by Crippen LogP contribution is 2.38. The summed E-state index contributed by atoms with van der Waals surface area (Å²) in [6.45, 7) is 5.11. The largest absolute Gasteiger partial charge is 0.376 e. The smallest absolute Gasteiger partial charge is 0.262 e. The molecule has 1 aliphatic heterocycles. The SMILES string of the molecule is Cc1cc(C=C(C#N)C(=O)NCC2CCCO2)c(C)n1-c1sc2c(c1C#N)CCCC2. The van der Waals surface area contributed by atoms with Crippen LogP contribution in [0, 0.1) is 36.5 Å². The summed E-state index contributed by atoms with van der Waals surface area (Å²) in [4.78, 5) is 13.8. The molecule has 7 heteroatoms. The summed E-state index contributed by atoms with van der Waals surface area (Å²) >= 11 is 1.70. The van der Waals surface area contributed by atoms with Crippen molar-refractivity contribution in [3.63, 3.8) is 0 Å². The molecule has 3 heterocycles. The molecule has 1 aliphatic carbocycles. The third-order valence-corrected chi connectivity index (χ3v) is 7.39. The number of fused-ring (bicyclic) bond motifs is 1. The van der Waals surface area contributed by atoms with Gasteiger partial charge in [0.05, 0.1) is 11.7 Å². The van der Waals surface area contributed by atoms with Gasteiger partial charge in [-0.2, -0.15) is 10.5 Å². The summed E-state index contributed by atoms with van der Waals surface area (Å²) in [6.07, 6.45) is 7.90. The van der Waals surface area contributed by atoms with Gasteiger partial charge in [-0.15, -0.1) is 11.3 Å². The summed E-state index contributed by atoms with van der Waals surface area (Å²) in [5.74, 6) is -0.382. The average Bonchev–Trinajstić information content (AvgIpc) is 3.48. The van der Waals surface area contributed by atoms with Gasteiger partial charge in [0.2, 0.25) is 0 Å². The Hall–Kier alpha value is -2.87. The second kappa shape index (κ2) is 9.09. The number of ether oxygens (including phenoxy) is 1. The number of amides is 1. The van der Waals surface area contributed by atoms with Crippen LogP contribution < -0.4 is 5.32 Å². The van der Waals surface area contributed by atoms with Crippen LogP contribution in [-0.4, -0.2) is 29.7 Å². The standard InChI is InChI=1S/C24H26N4O2S/c1-15-10-17(11-18(12-25)23(29)27-14-19-6-5-9-30-19)16(2)28(15)24-21(13-26)20-7-3-4-8-22(20)31-24/h10-11,19H,3-9,14H2,1-2H3,(H,27,29). The van der Waals surface area contributed by atoms with Crippen LogP contribution in [-0.2, 0) is 22.4 Å². The van der Waals surface area contributed by atoms with Gasteiger partial charge in [-0.3, -0.25) is 4.79 Å². The molecule has 1 atom stereocenters. The number of thiophene rings is 1. The Morgan fingerprint density at radius 3 is 2.84 bits per heavy atom. The van der Waals surface area contributed by atoms with E-state index in [1.54, 1.807) is 17.4 Å². The number of nitrogens with one attached hydrogen (secondary N) is 1. The fourth-order valence-corrected chi connectivity index (χ4v) is 5.93. The summed E-state index contributed by atoms with van der Waals surface area (Å²) in [5.41, 5.74) is 4.76. The van der Waals surface area contributed by atoms with E-state index in [1.807, 2.05) is 26.0 Å². The van der Waals surface area contributed by atoms with Gasteiger partial charge in [-0.05, 0) is 75.6 Å². The summed E-state index contributed by atoms with van der Waals surface area (Å²) < 4.78 is 7.62. The molecule has 160 valence electrons. The van der Waals surface area contributed by atoms with Crippen LogP contribution in [0.5, 0.6) is 0 Å². The molecule has 4 rings (SSSR count). The van der Waals surface area contributed by atoms with Crippen molar-refractivity contribution in [3.05, 3.63) is 44.6 Å². The van der Waals surface area contributed by atoms with Crippen molar-refractivity contribution < 1.29 is 9.53 Å². The van der Waals surface area contributed by atoms with E-state index in [-0.39, 0.29) is 17.6 Å². The van der Waals surface area contributed by atoms with E-state index in [4.69, 9.17) is 4.74 Å². The van der Waals surface area contributed by atoms with Gasteiger partial charge in [0.25, 0.3) is 5.91 Å². The molecule has 6 nitrogen and oxygen atoms in total. The van der Waals surface area contributed by atoms with E-state index < -0.39 is 0 Å². The topological polar surface area (TPSA) is 90.8 Å². The van der Waals surface area contributed by atoms with Gasteiger partial charge in [0.1, 0.15) is 22.7 Å². The first-order chi connectivity index (χ1) is 15.0. The molecule has 0 radical (unpaired) electrons. The third kappa shape index (κ3) is 4.17. The van der Waals surface area contributed by atoms with Crippen molar-refractivity contribution in [1.29, 1.82) is 10.5 Å². The van der Waals surface area contributed by atoms with Crippen molar-refractivity contribution in [2.45, 2.75) is 58.5 Å². The van der Waals surface area contributed by atoms with E-state index in [2.05, 4.69) is 16.0 Å². The first-order valence-corrected chi connectivity index (χ1v) is 11.6. The number of aryl methyl sites for hydroxylation is 2. The second-order valence-electron chi connectivity index (χ2n) is 8.18. The van der Waals surface area contributed by atoms with Gasteiger partial charge < -0.3 is 14.6 Å². The first kappa shape index (κ1) is 21.4. The summed E-state index contributed by atoms with van der Waals surface area (Å²) in [7, 11) is 0. The molecule has 31 heavy (non-hydrogen) atoms. The number of carbonyl (C=O) groups is 1. The number of rotatable bonds is 5. The van der Waals surface area contributed by atoms with Crippen molar-refractivity contribution in [1.82, 2.24) is 9.88 Å². The molecule has 0 saturated carbocycles. The average molecular weight is 435 g/mol. The van der Waals surface area contributed by atoms with E-state index in [1.165, 1.54) is 16.9 Å². The molecule has 2 aromatic heterocycles. The molecule has 1 unspecified atom stereocenters. The highest BCUT2D eigenvalue weighted by molar-refractivity contribution is 7.15. The molecular formula is C24H26N4O2S. The molecule has 2 aliphatic rings. The molecule has 1 saturated heterocycles. The maximum Gasteiger partial charge on any atom is 0.262 e. The lowest BCUT2D eigenvalue weighted by atomic mass is 9.96. The maximum atomic E-state index is 12.5. The molecule has 0 aromatic carbocycles. The molecule has 2 aromatic rings. The number of hydrogen-bond acceptors (Lipinski definition) is 5. The van der Waals surface area contributed by atoms with Gasteiger partial charge in [-0.25, -0.2) is 0 Å². The molecule has 1 N–H and O–H groups in total. The Morgan fingerprint density at radius 1 is 1.32 bits per heavy atom. The predicted octanol–water partition coefficient (Wildman–Crippen LogP) is 4.11. The first-order valence-electron chi connectivity index (χ1n) is 10.8. The Labute approximate surface area is 186 Å². The molecule has 1 fully saturated rings. The lowest BCUT2D eigenvalue weighted by Gasteiger charge is -2.10. The van der Waals surface area contributed by atoms with Crippen molar-refractivity contribution in [2.75, 3.05) is 13.2 Å². The number of hydrogen-bond donors (Lipinski definition) is 1. The number of aromatic nitrogens is 1. The van der Waals surface area contributed by atoms with Crippen molar-refractivity contribution in [3.8, 4) is 17.1 Å². The summed E-state index contributed by atoms with van der Waals surface area (Å²) in [6, 6.07) is 6.43. The van der Waals surface area contributed by atoms with Crippen LogP contribution in [0.2, 0.25) is 0 Å². The molecule has 0 bridgehead atoms. The minimum atomic E-state index is -0.382. The van der Waals surface area contributed by atoms with Crippen LogP contribution in [0.4, 0.5) is 0 Å². The normalized spacial score (nSPS) is 18.3. The van der Waals surface area contributed by atoms with Crippen LogP contribution in [0.3, 0.4) is 0 Å².